The van der Waals surface area contributed by atoms with Crippen LogP contribution in [-0.2, 0) is 4.74 Å². The van der Waals surface area contributed by atoms with Crippen LogP contribution in [0.4, 0.5) is 5.69 Å². The van der Waals surface area contributed by atoms with E-state index in [9.17, 15) is 0 Å². The molecule has 6 rings (SSSR count). The third-order valence-electron chi connectivity index (χ3n) is 6.08. The lowest BCUT2D eigenvalue weighted by Gasteiger charge is -2.29. The Balaban J connectivity index is 1.66. The fourth-order valence-corrected chi connectivity index (χ4v) is 5.55. The summed E-state index contributed by atoms with van der Waals surface area (Å²) in [5, 5.41) is 2.63. The van der Waals surface area contributed by atoms with Gasteiger partial charge in [-0.25, -0.2) is 9.97 Å². The molecule has 1 aliphatic rings. The number of para-hydroxylation sites is 1. The highest BCUT2D eigenvalue weighted by molar-refractivity contribution is 7.15. The molecule has 2 aromatic carbocycles. The number of benzene rings is 2. The van der Waals surface area contributed by atoms with Crippen molar-refractivity contribution in [1.29, 1.82) is 0 Å². The SMILES string of the molecule is Cc1cnc(-c2cc(N3CCOCC3)cc3c2nc(C)n3-c2ccnc3c(Cl)cccc23)s1. The van der Waals surface area contributed by atoms with E-state index in [4.69, 9.17) is 26.3 Å². The Morgan fingerprint density at radius 1 is 1.03 bits per heavy atom. The average Bonchev–Trinajstić information content (AvgIpc) is 3.41. The summed E-state index contributed by atoms with van der Waals surface area (Å²) in [6, 6.07) is 12.4. The van der Waals surface area contributed by atoms with E-state index in [1.54, 1.807) is 11.3 Å². The number of nitrogens with zero attached hydrogens (tertiary/aromatic N) is 5. The molecule has 6 nitrogen and oxygen atoms in total. The van der Waals surface area contributed by atoms with Crippen molar-refractivity contribution in [3.63, 3.8) is 0 Å². The summed E-state index contributed by atoms with van der Waals surface area (Å²) in [7, 11) is 0. The van der Waals surface area contributed by atoms with Crippen LogP contribution in [0.15, 0.2) is 48.8 Å². The van der Waals surface area contributed by atoms with Crippen molar-refractivity contribution < 1.29 is 4.74 Å². The number of halogens is 1. The molecule has 0 bridgehead atoms. The smallest absolute Gasteiger partial charge is 0.125 e. The first kappa shape index (κ1) is 20.6. The predicted molar refractivity (Wildman–Crippen MR) is 135 cm³/mol. The Labute approximate surface area is 200 Å². The molecule has 0 amide bonds. The van der Waals surface area contributed by atoms with Gasteiger partial charge in [0.2, 0.25) is 0 Å². The van der Waals surface area contributed by atoms with Gasteiger partial charge < -0.3 is 9.64 Å². The van der Waals surface area contributed by atoms with E-state index in [1.807, 2.05) is 37.5 Å². The molecule has 166 valence electrons. The van der Waals surface area contributed by atoms with E-state index in [0.29, 0.717) is 5.02 Å². The molecule has 0 N–H and O–H groups in total. The van der Waals surface area contributed by atoms with Crippen LogP contribution in [0.3, 0.4) is 0 Å². The molecule has 3 aromatic heterocycles. The molecule has 4 heterocycles. The van der Waals surface area contributed by atoms with Crippen molar-refractivity contribution in [2.45, 2.75) is 13.8 Å². The lowest BCUT2D eigenvalue weighted by molar-refractivity contribution is 0.122. The van der Waals surface area contributed by atoms with Gasteiger partial charge in [-0.2, -0.15) is 0 Å². The number of rotatable bonds is 3. The maximum Gasteiger partial charge on any atom is 0.125 e. The first-order valence-electron chi connectivity index (χ1n) is 10.9. The van der Waals surface area contributed by atoms with Crippen LogP contribution in [0.5, 0.6) is 0 Å². The average molecular weight is 476 g/mol. The van der Waals surface area contributed by atoms with Gasteiger partial charge in [0.05, 0.1) is 40.5 Å². The van der Waals surface area contributed by atoms with E-state index in [1.165, 1.54) is 4.88 Å². The number of anilines is 1. The first-order valence-corrected chi connectivity index (χ1v) is 12.1. The van der Waals surface area contributed by atoms with E-state index >= 15 is 0 Å². The molecule has 0 atom stereocenters. The summed E-state index contributed by atoms with van der Waals surface area (Å²) in [5.74, 6) is 0.908. The normalized spacial score (nSPS) is 14.5. The minimum absolute atomic E-state index is 0.643. The van der Waals surface area contributed by atoms with Crippen LogP contribution in [0.25, 0.3) is 38.2 Å². The van der Waals surface area contributed by atoms with Crippen LogP contribution >= 0.6 is 22.9 Å². The number of hydrogen-bond acceptors (Lipinski definition) is 6. The van der Waals surface area contributed by atoms with E-state index in [-0.39, 0.29) is 0 Å². The molecule has 1 saturated heterocycles. The van der Waals surface area contributed by atoms with Crippen LogP contribution in [0.1, 0.15) is 10.7 Å². The number of fused-ring (bicyclic) bond motifs is 2. The molecule has 0 unspecified atom stereocenters. The second-order valence-corrected chi connectivity index (χ2v) is 9.84. The second kappa shape index (κ2) is 8.09. The van der Waals surface area contributed by atoms with Crippen molar-refractivity contribution in [3.8, 4) is 16.3 Å². The monoisotopic (exact) mass is 475 g/mol. The number of thiazole rings is 1. The van der Waals surface area contributed by atoms with Crippen LogP contribution in [0, 0.1) is 13.8 Å². The van der Waals surface area contributed by atoms with Gasteiger partial charge in [0.25, 0.3) is 0 Å². The molecule has 0 radical (unpaired) electrons. The van der Waals surface area contributed by atoms with Gasteiger partial charge in [0, 0.05) is 47.0 Å². The van der Waals surface area contributed by atoms with Gasteiger partial charge >= 0.3 is 0 Å². The number of hydrogen-bond donors (Lipinski definition) is 0. The number of imidazole rings is 1. The summed E-state index contributed by atoms with van der Waals surface area (Å²) in [4.78, 5) is 17.8. The fraction of sp³-hybridized carbons (Fsp3) is 0.240. The predicted octanol–water partition coefficient (Wildman–Crippen LogP) is 5.80. The summed E-state index contributed by atoms with van der Waals surface area (Å²) in [6.45, 7) is 7.32. The van der Waals surface area contributed by atoms with Gasteiger partial charge in [-0.15, -0.1) is 11.3 Å². The molecule has 0 spiro atoms. The molecule has 33 heavy (non-hydrogen) atoms. The molecule has 1 aliphatic heterocycles. The molecule has 5 aromatic rings. The topological polar surface area (TPSA) is 56.1 Å². The summed E-state index contributed by atoms with van der Waals surface area (Å²) in [6.07, 6.45) is 3.74. The molecule has 0 aliphatic carbocycles. The number of morpholine rings is 1. The molecular formula is C25H22ClN5OS. The Hall–Kier alpha value is -3.00. The van der Waals surface area contributed by atoms with Gasteiger partial charge in [0.1, 0.15) is 10.8 Å². The standard InChI is InChI=1S/C25H22ClN5OS/c1-15-14-28-25(33-15)19-12-17(30-8-10-32-11-9-30)13-22-24(19)29-16(2)31(22)21-6-7-27-23-18(21)4-3-5-20(23)26/h3-7,12-14H,8-11H2,1-2H3. The van der Waals surface area contributed by atoms with E-state index in [0.717, 1.165) is 76.0 Å². The quantitative estimate of drug-likeness (QED) is 0.330. The summed E-state index contributed by atoms with van der Waals surface area (Å²) in [5.41, 5.74) is 6.02. The third kappa shape index (κ3) is 3.47. The second-order valence-electron chi connectivity index (χ2n) is 8.20. The molecular weight excluding hydrogens is 454 g/mol. The van der Waals surface area contributed by atoms with Gasteiger partial charge in [-0.05, 0) is 38.1 Å². The highest BCUT2D eigenvalue weighted by atomic mass is 35.5. The number of ether oxygens (including phenoxy) is 1. The maximum absolute atomic E-state index is 6.47. The molecule has 1 fully saturated rings. The Bertz CT molecular complexity index is 1500. The highest BCUT2D eigenvalue weighted by Gasteiger charge is 2.21. The third-order valence-corrected chi connectivity index (χ3v) is 7.33. The van der Waals surface area contributed by atoms with Gasteiger partial charge in [-0.1, -0.05) is 23.7 Å². The van der Waals surface area contributed by atoms with Crippen molar-refractivity contribution in [2.75, 3.05) is 31.2 Å². The van der Waals surface area contributed by atoms with E-state index < -0.39 is 0 Å². The lowest BCUT2D eigenvalue weighted by Crippen LogP contribution is -2.36. The van der Waals surface area contributed by atoms with Gasteiger partial charge in [0.15, 0.2) is 0 Å². The van der Waals surface area contributed by atoms with Crippen molar-refractivity contribution in [3.05, 3.63) is 64.5 Å². The summed E-state index contributed by atoms with van der Waals surface area (Å²) >= 11 is 8.17. The Kier molecular flexibility index (Phi) is 5.05. The number of aromatic nitrogens is 4. The zero-order valence-corrected chi connectivity index (χ0v) is 20.0. The number of aryl methyl sites for hydroxylation is 2. The molecule has 0 saturated carbocycles. The Morgan fingerprint density at radius 3 is 2.67 bits per heavy atom. The summed E-state index contributed by atoms with van der Waals surface area (Å²) < 4.78 is 7.81. The van der Waals surface area contributed by atoms with Crippen LogP contribution < -0.4 is 4.90 Å². The lowest BCUT2D eigenvalue weighted by atomic mass is 10.1. The van der Waals surface area contributed by atoms with Gasteiger partial charge in [-0.3, -0.25) is 9.55 Å². The first-order chi connectivity index (χ1) is 16.1. The zero-order chi connectivity index (χ0) is 22.5. The molecule has 8 heteroatoms. The largest absolute Gasteiger partial charge is 0.378 e. The van der Waals surface area contributed by atoms with Crippen LogP contribution in [0.2, 0.25) is 5.02 Å². The minimum Gasteiger partial charge on any atom is -0.378 e. The fourth-order valence-electron chi connectivity index (χ4n) is 4.55. The van der Waals surface area contributed by atoms with E-state index in [2.05, 4.69) is 39.6 Å². The minimum atomic E-state index is 0.643. The zero-order valence-electron chi connectivity index (χ0n) is 18.4. The van der Waals surface area contributed by atoms with Crippen molar-refractivity contribution in [2.24, 2.45) is 0 Å². The van der Waals surface area contributed by atoms with Crippen LogP contribution in [-0.4, -0.2) is 45.8 Å². The number of pyridine rings is 1. The maximum atomic E-state index is 6.47. The highest BCUT2D eigenvalue weighted by Crippen LogP contribution is 2.38. The van der Waals surface area contributed by atoms with Crippen molar-refractivity contribution in [1.82, 2.24) is 19.5 Å². The Morgan fingerprint density at radius 2 is 1.88 bits per heavy atom. The van der Waals surface area contributed by atoms with Crippen molar-refractivity contribution >= 4 is 50.6 Å².